The molecule has 114 valence electrons. The second kappa shape index (κ2) is 6.69. The summed E-state index contributed by atoms with van der Waals surface area (Å²) in [7, 11) is 4.62. The van der Waals surface area contributed by atoms with E-state index < -0.39 is 17.0 Å². The van der Waals surface area contributed by atoms with Gasteiger partial charge in [-0.25, -0.2) is 4.79 Å². The molecule has 1 aromatic rings. The Balaban J connectivity index is 2.96. The van der Waals surface area contributed by atoms with Crippen molar-refractivity contribution in [3.8, 4) is 0 Å². The summed E-state index contributed by atoms with van der Waals surface area (Å²) in [5.41, 5.74) is 0.0617. The average molecular weight is 295 g/mol. The standard InChI is InChI=1S/C13H17N3O5/c1-8(12(17)15(3)4)21-13(18)9-5-6-10(14-2)11(7-9)16(19)20/h5-8,14H,1-4H3/t8-/m0/s1. The number of anilines is 1. The minimum atomic E-state index is -0.962. The topological polar surface area (TPSA) is 102 Å². The summed E-state index contributed by atoms with van der Waals surface area (Å²) in [6.07, 6.45) is -0.962. The van der Waals surface area contributed by atoms with Crippen molar-refractivity contribution >= 4 is 23.3 Å². The monoisotopic (exact) mass is 295 g/mol. The molecule has 1 aromatic carbocycles. The number of likely N-dealkylation sites (N-methyl/N-ethyl adjacent to an activating group) is 1. The Bertz CT molecular complexity index is 571. The second-order valence-electron chi connectivity index (χ2n) is 4.52. The van der Waals surface area contributed by atoms with Crippen molar-refractivity contribution in [2.45, 2.75) is 13.0 Å². The van der Waals surface area contributed by atoms with Crippen LogP contribution in [-0.4, -0.2) is 48.9 Å². The van der Waals surface area contributed by atoms with Crippen molar-refractivity contribution < 1.29 is 19.2 Å². The molecule has 1 atom stereocenters. The van der Waals surface area contributed by atoms with Gasteiger partial charge in [0, 0.05) is 27.2 Å². The van der Waals surface area contributed by atoms with Gasteiger partial charge >= 0.3 is 5.97 Å². The molecular weight excluding hydrogens is 278 g/mol. The number of nitrogens with one attached hydrogen (secondary N) is 1. The number of carbonyl (C=O) groups excluding carboxylic acids is 2. The lowest BCUT2D eigenvalue weighted by Crippen LogP contribution is -2.34. The highest BCUT2D eigenvalue weighted by atomic mass is 16.6. The van der Waals surface area contributed by atoms with Crippen LogP contribution < -0.4 is 5.32 Å². The lowest BCUT2D eigenvalue weighted by Gasteiger charge is -2.17. The molecule has 0 saturated carbocycles. The van der Waals surface area contributed by atoms with E-state index in [-0.39, 0.29) is 22.8 Å². The molecule has 0 aromatic heterocycles. The minimum Gasteiger partial charge on any atom is -0.449 e. The third kappa shape index (κ3) is 3.91. The van der Waals surface area contributed by atoms with Crippen molar-refractivity contribution in [3.63, 3.8) is 0 Å². The summed E-state index contributed by atoms with van der Waals surface area (Å²) in [5.74, 6) is -1.16. The number of rotatable bonds is 5. The largest absolute Gasteiger partial charge is 0.449 e. The maximum Gasteiger partial charge on any atom is 0.339 e. The van der Waals surface area contributed by atoms with Crippen LogP contribution in [0.2, 0.25) is 0 Å². The summed E-state index contributed by atoms with van der Waals surface area (Å²) < 4.78 is 4.99. The first kappa shape index (κ1) is 16.4. The van der Waals surface area contributed by atoms with Gasteiger partial charge in [-0.3, -0.25) is 14.9 Å². The van der Waals surface area contributed by atoms with Gasteiger partial charge in [-0.15, -0.1) is 0 Å². The summed E-state index contributed by atoms with van der Waals surface area (Å²) in [4.78, 5) is 35.2. The number of hydrogen-bond donors (Lipinski definition) is 1. The van der Waals surface area contributed by atoms with E-state index in [9.17, 15) is 19.7 Å². The first-order valence-corrected chi connectivity index (χ1v) is 6.16. The summed E-state index contributed by atoms with van der Waals surface area (Å²) in [6.45, 7) is 1.44. The number of nitro benzene ring substituents is 1. The van der Waals surface area contributed by atoms with Gasteiger partial charge in [0.25, 0.3) is 11.6 Å². The molecule has 0 fully saturated rings. The van der Waals surface area contributed by atoms with Gasteiger partial charge in [-0.05, 0) is 19.1 Å². The van der Waals surface area contributed by atoms with E-state index in [1.165, 1.54) is 31.0 Å². The Morgan fingerprint density at radius 3 is 2.48 bits per heavy atom. The van der Waals surface area contributed by atoms with Crippen LogP contribution in [0.25, 0.3) is 0 Å². The minimum absolute atomic E-state index is 0.0131. The van der Waals surface area contributed by atoms with Crippen LogP contribution in [0.1, 0.15) is 17.3 Å². The molecule has 1 rings (SSSR count). The first-order valence-electron chi connectivity index (χ1n) is 6.16. The first-order chi connectivity index (χ1) is 9.77. The highest BCUT2D eigenvalue weighted by Gasteiger charge is 2.22. The second-order valence-corrected chi connectivity index (χ2v) is 4.52. The van der Waals surface area contributed by atoms with Crippen molar-refractivity contribution in [2.75, 3.05) is 26.5 Å². The number of hydrogen-bond acceptors (Lipinski definition) is 6. The maximum atomic E-state index is 11.9. The van der Waals surface area contributed by atoms with Gasteiger partial charge in [0.05, 0.1) is 10.5 Å². The zero-order chi connectivity index (χ0) is 16.2. The Morgan fingerprint density at radius 1 is 1.38 bits per heavy atom. The molecule has 21 heavy (non-hydrogen) atoms. The van der Waals surface area contributed by atoms with Crippen LogP contribution in [0, 0.1) is 10.1 Å². The molecule has 8 heteroatoms. The number of esters is 1. The van der Waals surface area contributed by atoms with Crippen molar-refractivity contribution in [1.82, 2.24) is 4.90 Å². The molecular formula is C13H17N3O5. The highest BCUT2D eigenvalue weighted by Crippen LogP contribution is 2.25. The predicted molar refractivity (Wildman–Crippen MR) is 76.2 cm³/mol. The number of carbonyl (C=O) groups is 2. The zero-order valence-corrected chi connectivity index (χ0v) is 12.2. The smallest absolute Gasteiger partial charge is 0.339 e. The summed E-state index contributed by atoms with van der Waals surface area (Å²) in [6, 6.07) is 3.92. The Hall–Kier alpha value is -2.64. The normalized spacial score (nSPS) is 11.4. The van der Waals surface area contributed by atoms with Gasteiger partial charge in [-0.1, -0.05) is 0 Å². The van der Waals surface area contributed by atoms with Gasteiger partial charge in [0.15, 0.2) is 6.10 Å². The Kier molecular flexibility index (Phi) is 5.23. The molecule has 0 heterocycles. The molecule has 8 nitrogen and oxygen atoms in total. The van der Waals surface area contributed by atoms with Crippen LogP contribution in [0.3, 0.4) is 0 Å². The fourth-order valence-corrected chi connectivity index (χ4v) is 1.66. The lowest BCUT2D eigenvalue weighted by molar-refractivity contribution is -0.384. The molecule has 1 amide bonds. The molecule has 0 bridgehead atoms. The van der Waals surface area contributed by atoms with E-state index in [2.05, 4.69) is 5.32 Å². The molecule has 0 radical (unpaired) electrons. The van der Waals surface area contributed by atoms with Crippen LogP contribution >= 0.6 is 0 Å². The van der Waals surface area contributed by atoms with Gasteiger partial charge in [0.2, 0.25) is 0 Å². The van der Waals surface area contributed by atoms with Gasteiger partial charge in [0.1, 0.15) is 5.69 Å². The Labute approximate surface area is 121 Å². The van der Waals surface area contributed by atoms with E-state index in [0.717, 1.165) is 6.07 Å². The van der Waals surface area contributed by atoms with E-state index in [0.29, 0.717) is 0 Å². The van der Waals surface area contributed by atoms with Crippen molar-refractivity contribution in [1.29, 1.82) is 0 Å². The van der Waals surface area contributed by atoms with Crippen LogP contribution in [-0.2, 0) is 9.53 Å². The molecule has 0 aliphatic carbocycles. The number of ether oxygens (including phenoxy) is 1. The summed E-state index contributed by atoms with van der Waals surface area (Å²) in [5, 5.41) is 13.6. The molecule has 0 spiro atoms. The SMILES string of the molecule is CNc1ccc(C(=O)O[C@@H](C)C(=O)N(C)C)cc1[N+](=O)[O-]. The molecule has 0 saturated heterocycles. The number of nitro groups is 1. The zero-order valence-electron chi connectivity index (χ0n) is 12.2. The molecule has 1 N–H and O–H groups in total. The van der Waals surface area contributed by atoms with E-state index in [1.54, 1.807) is 14.1 Å². The fraction of sp³-hybridized carbons (Fsp3) is 0.385. The predicted octanol–water partition coefficient (Wildman–Crippen LogP) is 1.27. The third-order valence-electron chi connectivity index (χ3n) is 2.77. The number of amides is 1. The van der Waals surface area contributed by atoms with E-state index in [4.69, 9.17) is 4.74 Å². The van der Waals surface area contributed by atoms with Crippen molar-refractivity contribution in [2.24, 2.45) is 0 Å². The van der Waals surface area contributed by atoms with Gasteiger partial charge < -0.3 is 15.0 Å². The number of benzene rings is 1. The Morgan fingerprint density at radius 2 is 2.00 bits per heavy atom. The van der Waals surface area contributed by atoms with Crippen molar-refractivity contribution in [3.05, 3.63) is 33.9 Å². The van der Waals surface area contributed by atoms with Crippen LogP contribution in [0.4, 0.5) is 11.4 Å². The van der Waals surface area contributed by atoms with Crippen LogP contribution in [0.5, 0.6) is 0 Å². The third-order valence-corrected chi connectivity index (χ3v) is 2.77. The molecule has 0 aliphatic rings. The molecule has 0 aliphatic heterocycles. The van der Waals surface area contributed by atoms with E-state index >= 15 is 0 Å². The van der Waals surface area contributed by atoms with Gasteiger partial charge in [-0.2, -0.15) is 0 Å². The fourth-order valence-electron chi connectivity index (χ4n) is 1.66. The number of nitrogens with zero attached hydrogens (tertiary/aromatic N) is 2. The highest BCUT2D eigenvalue weighted by molar-refractivity contribution is 5.93. The molecule has 0 unspecified atom stereocenters. The maximum absolute atomic E-state index is 11.9. The lowest BCUT2D eigenvalue weighted by atomic mass is 10.1. The van der Waals surface area contributed by atoms with E-state index in [1.807, 2.05) is 0 Å². The van der Waals surface area contributed by atoms with Crippen LogP contribution in [0.15, 0.2) is 18.2 Å². The average Bonchev–Trinajstić information content (AvgIpc) is 2.45. The quantitative estimate of drug-likeness (QED) is 0.498. The summed E-state index contributed by atoms with van der Waals surface area (Å²) >= 11 is 0.